The molecule has 116 valence electrons. The van der Waals surface area contributed by atoms with E-state index in [4.69, 9.17) is 4.74 Å². The fraction of sp³-hybridized carbons (Fsp3) is 0.562. The first-order valence-electron chi connectivity index (χ1n) is 7.22. The Labute approximate surface area is 124 Å². The number of carbonyl (C=O) groups is 1. The highest BCUT2D eigenvalue weighted by molar-refractivity contribution is 5.77. The highest BCUT2D eigenvalue weighted by Crippen LogP contribution is 2.32. The molecular weight excluding hydrogens is 273 g/mol. The summed E-state index contributed by atoms with van der Waals surface area (Å²) in [5.41, 5.74) is -0.154. The number of methoxy groups -OCH3 is 1. The molecule has 0 aromatic heterocycles. The minimum absolute atomic E-state index is 0.115. The molecule has 1 aliphatic carbocycles. The Balaban J connectivity index is 1.95. The first kappa shape index (κ1) is 15.8. The zero-order valence-corrected chi connectivity index (χ0v) is 12.6. The molecule has 1 saturated carbocycles. The van der Waals surface area contributed by atoms with Crippen molar-refractivity contribution in [3.05, 3.63) is 29.6 Å². The third-order valence-corrected chi connectivity index (χ3v) is 4.08. The van der Waals surface area contributed by atoms with Gasteiger partial charge in [-0.2, -0.15) is 0 Å². The van der Waals surface area contributed by atoms with Gasteiger partial charge in [-0.1, -0.05) is 18.9 Å². The predicted octanol–water partition coefficient (Wildman–Crippen LogP) is 2.49. The molecule has 5 heteroatoms. The summed E-state index contributed by atoms with van der Waals surface area (Å²) in [5.74, 6) is -0.367. The van der Waals surface area contributed by atoms with Crippen LogP contribution in [-0.2, 0) is 11.3 Å². The minimum atomic E-state index is -0.851. The summed E-state index contributed by atoms with van der Waals surface area (Å²) < 4.78 is 18.5. The van der Waals surface area contributed by atoms with Crippen molar-refractivity contribution in [3.63, 3.8) is 0 Å². The lowest BCUT2D eigenvalue weighted by molar-refractivity contribution is -0.135. The molecule has 4 nitrogen and oxygen atoms in total. The molecule has 21 heavy (non-hydrogen) atoms. The van der Waals surface area contributed by atoms with Crippen LogP contribution in [0, 0.1) is 5.82 Å². The summed E-state index contributed by atoms with van der Waals surface area (Å²) >= 11 is 0. The van der Waals surface area contributed by atoms with Crippen LogP contribution >= 0.6 is 0 Å². The van der Waals surface area contributed by atoms with Crippen molar-refractivity contribution in [3.8, 4) is 5.75 Å². The molecule has 1 N–H and O–H groups in total. The van der Waals surface area contributed by atoms with Crippen LogP contribution in [-0.4, -0.2) is 35.7 Å². The number of ether oxygens (including phenoxy) is 1. The number of nitrogens with zero attached hydrogens (tertiary/aromatic N) is 1. The second-order valence-corrected chi connectivity index (χ2v) is 5.83. The van der Waals surface area contributed by atoms with Gasteiger partial charge in [-0.15, -0.1) is 0 Å². The van der Waals surface area contributed by atoms with E-state index < -0.39 is 11.4 Å². The molecule has 2 rings (SSSR count). The highest BCUT2D eigenvalue weighted by Gasteiger charge is 2.34. The normalized spacial score (nSPS) is 16.8. The van der Waals surface area contributed by atoms with Crippen LogP contribution < -0.4 is 4.74 Å². The third-order valence-electron chi connectivity index (χ3n) is 4.08. The first-order chi connectivity index (χ1) is 9.93. The van der Waals surface area contributed by atoms with Gasteiger partial charge in [0.15, 0.2) is 11.6 Å². The lowest BCUT2D eigenvalue weighted by Gasteiger charge is -2.25. The van der Waals surface area contributed by atoms with Gasteiger partial charge in [-0.3, -0.25) is 4.79 Å². The van der Waals surface area contributed by atoms with E-state index in [0.717, 1.165) is 12.8 Å². The van der Waals surface area contributed by atoms with E-state index in [1.807, 2.05) is 0 Å². The second-order valence-electron chi connectivity index (χ2n) is 5.83. The Hall–Kier alpha value is -1.62. The smallest absolute Gasteiger partial charge is 0.225 e. The van der Waals surface area contributed by atoms with Gasteiger partial charge in [0.25, 0.3) is 0 Å². The van der Waals surface area contributed by atoms with Gasteiger partial charge in [0.1, 0.15) is 0 Å². The van der Waals surface area contributed by atoms with Crippen LogP contribution in [0.4, 0.5) is 4.39 Å². The zero-order chi connectivity index (χ0) is 15.5. The summed E-state index contributed by atoms with van der Waals surface area (Å²) in [6.45, 7) is 0.315. The molecule has 1 aliphatic rings. The van der Waals surface area contributed by atoms with Gasteiger partial charge >= 0.3 is 0 Å². The molecule has 0 saturated heterocycles. The molecule has 0 bridgehead atoms. The van der Waals surface area contributed by atoms with Gasteiger partial charge in [-0.05, 0) is 30.5 Å². The number of hydrogen-bond acceptors (Lipinski definition) is 3. The van der Waals surface area contributed by atoms with E-state index in [1.54, 1.807) is 19.2 Å². The van der Waals surface area contributed by atoms with Gasteiger partial charge in [0.05, 0.1) is 19.1 Å². The zero-order valence-electron chi connectivity index (χ0n) is 12.6. The molecule has 1 aromatic carbocycles. The van der Waals surface area contributed by atoms with Crippen molar-refractivity contribution in [1.82, 2.24) is 4.90 Å². The largest absolute Gasteiger partial charge is 0.494 e. The molecule has 0 spiro atoms. The number of carbonyl (C=O) groups excluding carboxylic acids is 1. The van der Waals surface area contributed by atoms with Crippen molar-refractivity contribution in [1.29, 1.82) is 0 Å². The average molecular weight is 295 g/mol. The first-order valence-corrected chi connectivity index (χ1v) is 7.22. The Bertz CT molecular complexity index is 512. The van der Waals surface area contributed by atoms with Gasteiger partial charge in [0.2, 0.25) is 5.91 Å². The fourth-order valence-corrected chi connectivity index (χ4v) is 2.80. The van der Waals surface area contributed by atoms with Crippen molar-refractivity contribution in [2.75, 3.05) is 14.2 Å². The van der Waals surface area contributed by atoms with Crippen LogP contribution in [0.2, 0.25) is 0 Å². The van der Waals surface area contributed by atoms with Crippen molar-refractivity contribution >= 4 is 5.91 Å². The van der Waals surface area contributed by atoms with Gasteiger partial charge in [0, 0.05) is 13.6 Å². The van der Waals surface area contributed by atoms with Gasteiger partial charge in [-0.25, -0.2) is 4.39 Å². The molecule has 0 aliphatic heterocycles. The van der Waals surface area contributed by atoms with E-state index in [9.17, 15) is 14.3 Å². The number of hydrogen-bond donors (Lipinski definition) is 1. The molecule has 0 heterocycles. The van der Waals surface area contributed by atoms with E-state index in [-0.39, 0.29) is 18.1 Å². The Morgan fingerprint density at radius 3 is 2.67 bits per heavy atom. The summed E-state index contributed by atoms with van der Waals surface area (Å²) in [5, 5.41) is 10.3. The molecule has 0 unspecified atom stereocenters. The highest BCUT2D eigenvalue weighted by atomic mass is 19.1. The lowest BCUT2D eigenvalue weighted by atomic mass is 9.97. The van der Waals surface area contributed by atoms with E-state index in [2.05, 4.69) is 0 Å². The maximum absolute atomic E-state index is 13.6. The van der Waals surface area contributed by atoms with Crippen LogP contribution in [0.3, 0.4) is 0 Å². The van der Waals surface area contributed by atoms with Crippen molar-refractivity contribution in [2.24, 2.45) is 0 Å². The number of amides is 1. The Morgan fingerprint density at radius 1 is 1.43 bits per heavy atom. The number of aliphatic hydroxyl groups is 1. The predicted molar refractivity (Wildman–Crippen MR) is 77.5 cm³/mol. The maximum Gasteiger partial charge on any atom is 0.225 e. The number of benzene rings is 1. The minimum Gasteiger partial charge on any atom is -0.494 e. The third kappa shape index (κ3) is 3.94. The molecule has 0 radical (unpaired) electrons. The van der Waals surface area contributed by atoms with E-state index >= 15 is 0 Å². The maximum atomic E-state index is 13.6. The number of halogens is 1. The SMILES string of the molecule is COc1ccc(CN(C)C(=O)CC2(O)CCCC2)cc1F. The summed E-state index contributed by atoms with van der Waals surface area (Å²) in [4.78, 5) is 13.7. The summed E-state index contributed by atoms with van der Waals surface area (Å²) in [6.07, 6.45) is 3.45. The van der Waals surface area contributed by atoms with E-state index in [1.165, 1.54) is 18.1 Å². The number of rotatable bonds is 5. The lowest BCUT2D eigenvalue weighted by Crippen LogP contribution is -2.35. The van der Waals surface area contributed by atoms with Crippen LogP contribution in [0.25, 0.3) is 0 Å². The molecular formula is C16H22FNO3. The van der Waals surface area contributed by atoms with Crippen molar-refractivity contribution in [2.45, 2.75) is 44.2 Å². The topological polar surface area (TPSA) is 49.8 Å². The molecule has 0 atom stereocenters. The molecule has 1 aromatic rings. The van der Waals surface area contributed by atoms with Crippen LogP contribution in [0.1, 0.15) is 37.7 Å². The van der Waals surface area contributed by atoms with Crippen molar-refractivity contribution < 1.29 is 19.0 Å². The Morgan fingerprint density at radius 2 is 2.10 bits per heavy atom. The Kier molecular flexibility index (Phi) is 4.83. The standard InChI is InChI=1S/C16H22FNO3/c1-18(15(19)10-16(20)7-3-4-8-16)11-12-5-6-14(21-2)13(17)9-12/h5-6,9,20H,3-4,7-8,10-11H2,1-2H3. The van der Waals surface area contributed by atoms with Crippen LogP contribution in [0.5, 0.6) is 5.75 Å². The molecule has 1 amide bonds. The quantitative estimate of drug-likeness (QED) is 0.908. The average Bonchev–Trinajstić information content (AvgIpc) is 2.85. The summed E-state index contributed by atoms with van der Waals surface area (Å²) in [7, 11) is 3.08. The fourth-order valence-electron chi connectivity index (χ4n) is 2.80. The van der Waals surface area contributed by atoms with E-state index in [0.29, 0.717) is 24.9 Å². The monoisotopic (exact) mass is 295 g/mol. The second kappa shape index (κ2) is 6.43. The van der Waals surface area contributed by atoms with Gasteiger partial charge < -0.3 is 14.7 Å². The molecule has 1 fully saturated rings. The summed E-state index contributed by atoms with van der Waals surface area (Å²) in [6, 6.07) is 4.65. The van der Waals surface area contributed by atoms with Crippen LogP contribution in [0.15, 0.2) is 18.2 Å².